The fourth-order valence-corrected chi connectivity index (χ4v) is 3.57. The van der Waals surface area contributed by atoms with Gasteiger partial charge in [0.25, 0.3) is 11.8 Å². The van der Waals surface area contributed by atoms with Gasteiger partial charge in [-0.05, 0) is 55.7 Å². The normalized spacial score (nSPS) is 15.0. The molecule has 6 heteroatoms. The maximum absolute atomic E-state index is 12.6. The molecule has 0 saturated heterocycles. The van der Waals surface area contributed by atoms with Crippen molar-refractivity contribution in [3.8, 4) is 0 Å². The zero-order valence-electron chi connectivity index (χ0n) is 15.4. The highest BCUT2D eigenvalue weighted by atomic mass is 35.5. The van der Waals surface area contributed by atoms with Crippen molar-refractivity contribution in [1.82, 2.24) is 10.3 Å². The van der Waals surface area contributed by atoms with E-state index in [-0.39, 0.29) is 23.6 Å². The van der Waals surface area contributed by atoms with E-state index in [1.54, 1.807) is 24.3 Å². The molecule has 1 saturated carbocycles. The van der Waals surface area contributed by atoms with Gasteiger partial charge in [-0.3, -0.25) is 14.6 Å². The number of nitrogens with zero attached hydrogens (tertiary/aromatic N) is 1. The van der Waals surface area contributed by atoms with E-state index in [4.69, 9.17) is 11.6 Å². The lowest BCUT2D eigenvalue weighted by Gasteiger charge is -2.16. The highest BCUT2D eigenvalue weighted by molar-refractivity contribution is 6.30. The fraction of sp³-hybridized carbons (Fsp3) is 0.381. The molecule has 2 N–H and O–H groups in total. The number of rotatable bonds is 4. The van der Waals surface area contributed by atoms with Crippen LogP contribution in [-0.2, 0) is 0 Å². The summed E-state index contributed by atoms with van der Waals surface area (Å²) in [6.45, 7) is 1.87. The van der Waals surface area contributed by atoms with E-state index in [0.717, 1.165) is 31.2 Å². The number of aromatic nitrogens is 1. The lowest BCUT2D eigenvalue weighted by Crippen LogP contribution is -2.35. The molecule has 1 aliphatic rings. The van der Waals surface area contributed by atoms with E-state index < -0.39 is 0 Å². The second-order valence-corrected chi connectivity index (χ2v) is 7.44. The molecule has 0 spiro atoms. The number of carbonyl (C=O) groups excluding carboxylic acids is 2. The highest BCUT2D eigenvalue weighted by Gasteiger charge is 2.18. The Labute approximate surface area is 164 Å². The van der Waals surface area contributed by atoms with Gasteiger partial charge < -0.3 is 10.6 Å². The molecule has 0 unspecified atom stereocenters. The summed E-state index contributed by atoms with van der Waals surface area (Å²) >= 11 is 5.95. The summed E-state index contributed by atoms with van der Waals surface area (Å²) < 4.78 is 0. The molecule has 1 heterocycles. The molecule has 5 nitrogen and oxygen atoms in total. The van der Waals surface area contributed by atoms with Gasteiger partial charge in [0.2, 0.25) is 0 Å². The summed E-state index contributed by atoms with van der Waals surface area (Å²) in [5, 5.41) is 6.53. The van der Waals surface area contributed by atoms with Crippen LogP contribution in [0, 0.1) is 6.92 Å². The maximum atomic E-state index is 12.6. The number of amides is 2. The molecule has 0 aliphatic heterocycles. The number of nitrogens with one attached hydrogen (secondary N) is 2. The molecule has 0 radical (unpaired) electrons. The predicted octanol–water partition coefficient (Wildman–Crippen LogP) is 4.75. The molecular formula is C21H24ClN3O2. The van der Waals surface area contributed by atoms with Crippen LogP contribution >= 0.6 is 11.6 Å². The quantitative estimate of drug-likeness (QED) is 0.746. The fourth-order valence-electron chi connectivity index (χ4n) is 3.34. The van der Waals surface area contributed by atoms with Crippen LogP contribution in [0.4, 0.5) is 5.69 Å². The molecule has 1 aromatic heterocycles. The first-order chi connectivity index (χ1) is 13.0. The molecule has 0 atom stereocenters. The number of carbonyl (C=O) groups is 2. The number of benzene rings is 1. The minimum atomic E-state index is -0.286. The first-order valence-electron chi connectivity index (χ1n) is 9.37. The Hall–Kier alpha value is -2.40. The van der Waals surface area contributed by atoms with Crippen molar-refractivity contribution in [1.29, 1.82) is 0 Å². The molecule has 1 aliphatic carbocycles. The third kappa shape index (κ3) is 5.30. The van der Waals surface area contributed by atoms with Gasteiger partial charge >= 0.3 is 0 Å². The molecule has 2 amide bonds. The number of aryl methyl sites for hydroxylation is 1. The standard InChI is InChI=1S/C21H24ClN3O2/c1-14-12-16(22)8-9-18(14)25-20(26)15-10-11-23-19(13-15)21(27)24-17-6-4-2-3-5-7-17/h8-13,17H,2-7H2,1H3,(H,24,27)(H,25,26). The summed E-state index contributed by atoms with van der Waals surface area (Å²) in [6, 6.07) is 8.60. The van der Waals surface area contributed by atoms with Gasteiger partial charge in [-0.25, -0.2) is 0 Å². The zero-order chi connectivity index (χ0) is 19.2. The minimum absolute atomic E-state index is 0.191. The number of anilines is 1. The molecule has 1 fully saturated rings. The Bertz CT molecular complexity index is 830. The second kappa shape index (κ2) is 9.00. The number of hydrogen-bond acceptors (Lipinski definition) is 3. The van der Waals surface area contributed by atoms with Crippen molar-refractivity contribution in [3.05, 3.63) is 58.4 Å². The van der Waals surface area contributed by atoms with E-state index >= 15 is 0 Å². The number of hydrogen-bond donors (Lipinski definition) is 2. The summed E-state index contributed by atoms with van der Waals surface area (Å²) in [4.78, 5) is 29.2. The lowest BCUT2D eigenvalue weighted by molar-refractivity contribution is 0.0928. The van der Waals surface area contributed by atoms with Crippen LogP contribution < -0.4 is 10.6 Å². The molecule has 1 aromatic carbocycles. The smallest absolute Gasteiger partial charge is 0.270 e. The van der Waals surface area contributed by atoms with Crippen molar-refractivity contribution >= 4 is 29.1 Å². The summed E-state index contributed by atoms with van der Waals surface area (Å²) in [7, 11) is 0. The van der Waals surface area contributed by atoms with E-state index in [2.05, 4.69) is 15.6 Å². The topological polar surface area (TPSA) is 71.1 Å². The lowest BCUT2D eigenvalue weighted by atomic mass is 10.1. The van der Waals surface area contributed by atoms with E-state index in [0.29, 0.717) is 16.3 Å². The number of pyridine rings is 1. The Morgan fingerprint density at radius 2 is 1.78 bits per heavy atom. The predicted molar refractivity (Wildman–Crippen MR) is 107 cm³/mol. The second-order valence-electron chi connectivity index (χ2n) is 7.01. The van der Waals surface area contributed by atoms with Crippen molar-refractivity contribution < 1.29 is 9.59 Å². The Balaban J connectivity index is 1.68. The SMILES string of the molecule is Cc1cc(Cl)ccc1NC(=O)c1ccnc(C(=O)NC2CCCCCC2)c1. The largest absolute Gasteiger partial charge is 0.348 e. The first-order valence-corrected chi connectivity index (χ1v) is 9.75. The van der Waals surface area contributed by atoms with Gasteiger partial charge in [0.15, 0.2) is 0 Å². The molecule has 0 bridgehead atoms. The average Bonchev–Trinajstić information content (AvgIpc) is 2.92. The zero-order valence-corrected chi connectivity index (χ0v) is 16.2. The molecule has 27 heavy (non-hydrogen) atoms. The van der Waals surface area contributed by atoms with Crippen LogP contribution in [-0.4, -0.2) is 22.8 Å². The Morgan fingerprint density at radius 3 is 2.48 bits per heavy atom. The van der Waals surface area contributed by atoms with Gasteiger partial charge in [-0.2, -0.15) is 0 Å². The van der Waals surface area contributed by atoms with Crippen molar-refractivity contribution in [2.75, 3.05) is 5.32 Å². The molecule has 2 aromatic rings. The minimum Gasteiger partial charge on any atom is -0.348 e. The van der Waals surface area contributed by atoms with Crippen LogP contribution in [0.3, 0.4) is 0 Å². The van der Waals surface area contributed by atoms with E-state index in [9.17, 15) is 9.59 Å². The molecule has 142 valence electrons. The molecule has 3 rings (SSSR count). The average molecular weight is 386 g/mol. The Morgan fingerprint density at radius 1 is 1.04 bits per heavy atom. The van der Waals surface area contributed by atoms with Crippen molar-refractivity contribution in [2.45, 2.75) is 51.5 Å². The maximum Gasteiger partial charge on any atom is 0.270 e. The Kier molecular flexibility index (Phi) is 6.45. The van der Waals surface area contributed by atoms with Crippen molar-refractivity contribution in [3.63, 3.8) is 0 Å². The highest BCUT2D eigenvalue weighted by Crippen LogP contribution is 2.21. The van der Waals surface area contributed by atoms with E-state index in [1.165, 1.54) is 25.1 Å². The van der Waals surface area contributed by atoms with Crippen LogP contribution in [0.2, 0.25) is 5.02 Å². The summed E-state index contributed by atoms with van der Waals surface area (Å²) in [5.74, 6) is -0.509. The van der Waals surface area contributed by atoms with E-state index in [1.807, 2.05) is 6.92 Å². The third-order valence-electron chi connectivity index (χ3n) is 4.88. The van der Waals surface area contributed by atoms with Crippen LogP contribution in [0.25, 0.3) is 0 Å². The van der Waals surface area contributed by atoms with Gasteiger partial charge in [0, 0.05) is 28.5 Å². The monoisotopic (exact) mass is 385 g/mol. The van der Waals surface area contributed by atoms with Gasteiger partial charge in [-0.15, -0.1) is 0 Å². The first kappa shape index (κ1) is 19.4. The summed E-state index contributed by atoms with van der Waals surface area (Å²) in [5.41, 5.74) is 2.21. The third-order valence-corrected chi connectivity index (χ3v) is 5.12. The van der Waals surface area contributed by atoms with Gasteiger partial charge in [0.05, 0.1) is 0 Å². The summed E-state index contributed by atoms with van der Waals surface area (Å²) in [6.07, 6.45) is 8.23. The van der Waals surface area contributed by atoms with Crippen LogP contribution in [0.15, 0.2) is 36.5 Å². The van der Waals surface area contributed by atoms with Crippen molar-refractivity contribution in [2.24, 2.45) is 0 Å². The van der Waals surface area contributed by atoms with Crippen LogP contribution in [0.1, 0.15) is 64.9 Å². The van der Waals surface area contributed by atoms with Crippen LogP contribution in [0.5, 0.6) is 0 Å². The molecular weight excluding hydrogens is 362 g/mol. The van der Waals surface area contributed by atoms with Gasteiger partial charge in [-0.1, -0.05) is 37.3 Å². The van der Waals surface area contributed by atoms with Gasteiger partial charge in [0.1, 0.15) is 5.69 Å². The number of halogens is 1.